The predicted molar refractivity (Wildman–Crippen MR) is 113 cm³/mol. The molecule has 0 spiro atoms. The number of imide groups is 2. The number of amides is 4. The number of benzene rings is 2. The lowest BCUT2D eigenvalue weighted by Gasteiger charge is -2.27. The summed E-state index contributed by atoms with van der Waals surface area (Å²) in [6.07, 6.45) is 0.0526. The van der Waals surface area contributed by atoms with Crippen LogP contribution in [0, 0.1) is 6.92 Å². The predicted octanol–water partition coefficient (Wildman–Crippen LogP) is 1.18. The molecule has 0 bridgehead atoms. The molecule has 2 aliphatic heterocycles. The van der Waals surface area contributed by atoms with Crippen molar-refractivity contribution in [1.29, 1.82) is 0 Å². The van der Waals surface area contributed by atoms with Gasteiger partial charge in [-0.05, 0) is 37.6 Å². The van der Waals surface area contributed by atoms with E-state index < -0.39 is 39.8 Å². The number of piperidine rings is 1. The summed E-state index contributed by atoms with van der Waals surface area (Å²) in [6.45, 7) is 1.30. The maximum Gasteiger partial charge on any atom is 0.297 e. The molecule has 172 valence electrons. The van der Waals surface area contributed by atoms with E-state index in [2.05, 4.69) is 5.32 Å². The number of aryl methyl sites for hydroxylation is 1. The molecule has 1 saturated heterocycles. The minimum atomic E-state index is -3.98. The maximum atomic E-state index is 13.0. The Morgan fingerprint density at radius 1 is 1.00 bits per heavy atom. The molecule has 0 radical (unpaired) electrons. The zero-order valence-electron chi connectivity index (χ0n) is 17.6. The molecule has 2 heterocycles. The summed E-state index contributed by atoms with van der Waals surface area (Å²) >= 11 is 0. The number of nitrogens with one attached hydrogen (secondary N) is 1. The average Bonchev–Trinajstić information content (AvgIpc) is 3.03. The Morgan fingerprint density at radius 2 is 1.73 bits per heavy atom. The summed E-state index contributed by atoms with van der Waals surface area (Å²) in [4.78, 5) is 50.2. The first-order valence-corrected chi connectivity index (χ1v) is 11.5. The molecule has 10 nitrogen and oxygen atoms in total. The molecule has 1 fully saturated rings. The van der Waals surface area contributed by atoms with Crippen molar-refractivity contribution in [2.24, 2.45) is 0 Å². The van der Waals surface area contributed by atoms with Gasteiger partial charge in [-0.15, -0.1) is 0 Å². The largest absolute Gasteiger partial charge is 0.490 e. The summed E-state index contributed by atoms with van der Waals surface area (Å²) in [5.41, 5.74) is 0.949. The SMILES string of the molecule is Cc1ccc(S(=O)(=O)OCCOc2cccc3c2C(=O)N(C2CCC(=O)NC2=O)C3=O)cc1. The molecular formula is C22H20N2O8S. The van der Waals surface area contributed by atoms with Crippen LogP contribution in [0.25, 0.3) is 0 Å². The quantitative estimate of drug-likeness (QED) is 0.360. The van der Waals surface area contributed by atoms with Crippen LogP contribution in [-0.2, 0) is 23.9 Å². The van der Waals surface area contributed by atoms with Gasteiger partial charge in [-0.25, -0.2) is 0 Å². The fraction of sp³-hybridized carbons (Fsp3) is 0.273. The van der Waals surface area contributed by atoms with Crippen LogP contribution in [0.15, 0.2) is 47.4 Å². The first-order valence-electron chi connectivity index (χ1n) is 10.1. The van der Waals surface area contributed by atoms with Gasteiger partial charge in [0.25, 0.3) is 21.9 Å². The number of carbonyl (C=O) groups excluding carboxylic acids is 4. The van der Waals surface area contributed by atoms with Crippen molar-refractivity contribution in [2.45, 2.75) is 30.7 Å². The second-order valence-electron chi connectivity index (χ2n) is 7.56. The Hall–Kier alpha value is -3.57. The molecule has 11 heteroatoms. The van der Waals surface area contributed by atoms with Crippen molar-refractivity contribution < 1.29 is 36.5 Å². The van der Waals surface area contributed by atoms with Gasteiger partial charge >= 0.3 is 0 Å². The fourth-order valence-electron chi connectivity index (χ4n) is 3.67. The van der Waals surface area contributed by atoms with Crippen molar-refractivity contribution >= 4 is 33.7 Å². The standard InChI is InChI=1S/C22H20N2O8S/c1-13-5-7-14(8-6-13)33(29,30)32-12-11-31-17-4-2-3-15-19(17)22(28)24(21(15)27)16-9-10-18(25)23-20(16)26/h2-8,16H,9-12H2,1H3,(H,23,25,26). The molecule has 4 amide bonds. The Labute approximate surface area is 189 Å². The third-order valence-electron chi connectivity index (χ3n) is 5.32. The summed E-state index contributed by atoms with van der Waals surface area (Å²) < 4.78 is 35.1. The van der Waals surface area contributed by atoms with Gasteiger partial charge < -0.3 is 4.74 Å². The molecule has 4 rings (SSSR count). The van der Waals surface area contributed by atoms with Gasteiger partial charge in [0.2, 0.25) is 11.8 Å². The van der Waals surface area contributed by atoms with E-state index in [1.165, 1.54) is 30.3 Å². The number of ether oxygens (including phenoxy) is 1. The average molecular weight is 472 g/mol. The molecule has 1 unspecified atom stereocenters. The van der Waals surface area contributed by atoms with Crippen LogP contribution in [0.1, 0.15) is 39.1 Å². The highest BCUT2D eigenvalue weighted by molar-refractivity contribution is 7.86. The topological polar surface area (TPSA) is 136 Å². The lowest BCUT2D eigenvalue weighted by molar-refractivity contribution is -0.136. The third kappa shape index (κ3) is 4.37. The monoisotopic (exact) mass is 472 g/mol. The lowest BCUT2D eigenvalue weighted by atomic mass is 10.0. The molecule has 2 aromatic rings. The van der Waals surface area contributed by atoms with Crippen LogP contribution in [0.2, 0.25) is 0 Å². The number of hydrogen-bond acceptors (Lipinski definition) is 8. The Morgan fingerprint density at radius 3 is 2.42 bits per heavy atom. The van der Waals surface area contributed by atoms with Crippen LogP contribution < -0.4 is 10.1 Å². The van der Waals surface area contributed by atoms with Crippen LogP contribution in [-0.4, -0.2) is 56.2 Å². The van der Waals surface area contributed by atoms with E-state index in [1.54, 1.807) is 12.1 Å². The van der Waals surface area contributed by atoms with Gasteiger partial charge in [0.1, 0.15) is 25.0 Å². The summed E-state index contributed by atoms with van der Waals surface area (Å²) in [5, 5.41) is 2.13. The molecule has 2 aliphatic rings. The molecular weight excluding hydrogens is 452 g/mol. The molecule has 1 atom stereocenters. The Bertz CT molecular complexity index is 1250. The Balaban J connectivity index is 1.44. The third-order valence-corrected chi connectivity index (χ3v) is 6.65. The van der Waals surface area contributed by atoms with Crippen molar-refractivity contribution in [2.75, 3.05) is 13.2 Å². The van der Waals surface area contributed by atoms with Crippen LogP contribution in [0.5, 0.6) is 5.75 Å². The molecule has 33 heavy (non-hydrogen) atoms. The summed E-state index contributed by atoms with van der Waals surface area (Å²) in [7, 11) is -3.98. The second kappa shape index (κ2) is 8.75. The van der Waals surface area contributed by atoms with Gasteiger partial charge in [0.15, 0.2) is 0 Å². The summed E-state index contributed by atoms with van der Waals surface area (Å²) in [6, 6.07) is 9.49. The van der Waals surface area contributed by atoms with Crippen molar-refractivity contribution in [3.05, 3.63) is 59.2 Å². The van der Waals surface area contributed by atoms with Gasteiger partial charge in [0, 0.05) is 6.42 Å². The maximum absolute atomic E-state index is 13.0. The number of rotatable bonds is 7. The first kappa shape index (κ1) is 22.6. The minimum absolute atomic E-state index is 0.00867. The minimum Gasteiger partial charge on any atom is -0.490 e. The summed E-state index contributed by atoms with van der Waals surface area (Å²) in [5.74, 6) is -2.48. The second-order valence-corrected chi connectivity index (χ2v) is 9.18. The van der Waals surface area contributed by atoms with Gasteiger partial charge in [0.05, 0.1) is 16.0 Å². The van der Waals surface area contributed by atoms with Crippen molar-refractivity contribution in [1.82, 2.24) is 10.2 Å². The first-order chi connectivity index (χ1) is 15.7. The highest BCUT2D eigenvalue weighted by Crippen LogP contribution is 2.33. The van der Waals surface area contributed by atoms with Crippen molar-refractivity contribution in [3.8, 4) is 5.75 Å². The van der Waals surface area contributed by atoms with Gasteiger partial charge in [-0.3, -0.25) is 33.6 Å². The van der Waals surface area contributed by atoms with E-state index in [9.17, 15) is 27.6 Å². The van der Waals surface area contributed by atoms with Crippen LogP contribution >= 0.6 is 0 Å². The number of hydrogen-bond donors (Lipinski definition) is 1. The fourth-order valence-corrected chi connectivity index (χ4v) is 4.57. The van der Waals surface area contributed by atoms with Crippen LogP contribution in [0.3, 0.4) is 0 Å². The van der Waals surface area contributed by atoms with E-state index in [1.807, 2.05) is 6.92 Å². The number of carbonyl (C=O) groups is 4. The van der Waals surface area contributed by atoms with E-state index in [0.717, 1.165) is 10.5 Å². The molecule has 0 saturated carbocycles. The van der Waals surface area contributed by atoms with Crippen molar-refractivity contribution in [3.63, 3.8) is 0 Å². The van der Waals surface area contributed by atoms with Crippen LogP contribution in [0.4, 0.5) is 0 Å². The number of nitrogens with zero attached hydrogens (tertiary/aromatic N) is 1. The lowest BCUT2D eigenvalue weighted by Crippen LogP contribution is -2.54. The van der Waals surface area contributed by atoms with E-state index in [4.69, 9.17) is 8.92 Å². The molecule has 2 aromatic carbocycles. The Kier molecular flexibility index (Phi) is 6.00. The highest BCUT2D eigenvalue weighted by atomic mass is 32.2. The van der Waals surface area contributed by atoms with E-state index in [0.29, 0.717) is 0 Å². The normalized spacial score (nSPS) is 18.3. The molecule has 1 N–H and O–H groups in total. The van der Waals surface area contributed by atoms with E-state index in [-0.39, 0.29) is 47.8 Å². The van der Waals surface area contributed by atoms with E-state index >= 15 is 0 Å². The smallest absolute Gasteiger partial charge is 0.297 e. The zero-order chi connectivity index (χ0) is 23.8. The molecule has 0 aliphatic carbocycles. The highest BCUT2D eigenvalue weighted by Gasteiger charge is 2.46. The van der Waals surface area contributed by atoms with Gasteiger partial charge in [-0.1, -0.05) is 23.8 Å². The molecule has 0 aromatic heterocycles. The number of fused-ring (bicyclic) bond motifs is 1. The van der Waals surface area contributed by atoms with Gasteiger partial charge in [-0.2, -0.15) is 8.42 Å². The zero-order valence-corrected chi connectivity index (χ0v) is 18.4.